The van der Waals surface area contributed by atoms with E-state index in [1.54, 1.807) is 17.0 Å². The normalized spacial score (nSPS) is 23.3. The van der Waals surface area contributed by atoms with Crippen LogP contribution in [0.1, 0.15) is 36.2 Å². The van der Waals surface area contributed by atoms with Gasteiger partial charge in [0, 0.05) is 25.9 Å². The standard InChI is InChI=1S/C17H19ClFN3O3/c18-11-3-4-13-20-14(15(19)22(13)10-11)16(24)21-7-5-17(6-8-21)12(23)2-1-9-25-17/h3-4,10,12,23H,1-2,5-9H2. The van der Waals surface area contributed by atoms with Gasteiger partial charge in [0.1, 0.15) is 5.65 Å². The van der Waals surface area contributed by atoms with Crippen LogP contribution in [0.4, 0.5) is 4.39 Å². The molecule has 8 heteroatoms. The van der Waals surface area contributed by atoms with Crippen LogP contribution in [-0.2, 0) is 4.74 Å². The summed E-state index contributed by atoms with van der Waals surface area (Å²) in [6.07, 6.45) is 3.54. The van der Waals surface area contributed by atoms with Crippen LogP contribution in [0.3, 0.4) is 0 Å². The maximum atomic E-state index is 14.6. The zero-order chi connectivity index (χ0) is 17.6. The molecule has 0 saturated carbocycles. The maximum absolute atomic E-state index is 14.6. The van der Waals surface area contributed by atoms with Crippen LogP contribution >= 0.6 is 11.6 Å². The van der Waals surface area contributed by atoms with E-state index in [-0.39, 0.29) is 5.69 Å². The molecule has 4 heterocycles. The number of amides is 1. The lowest BCUT2D eigenvalue weighted by molar-refractivity contribution is -0.174. The zero-order valence-electron chi connectivity index (χ0n) is 13.6. The minimum Gasteiger partial charge on any atom is -0.390 e. The van der Waals surface area contributed by atoms with Crippen LogP contribution in [0, 0.1) is 5.95 Å². The average molecular weight is 368 g/mol. The molecule has 2 aromatic rings. The molecule has 0 bridgehead atoms. The first kappa shape index (κ1) is 16.8. The average Bonchev–Trinajstić information content (AvgIpc) is 2.94. The number of aliphatic hydroxyl groups excluding tert-OH is 1. The summed E-state index contributed by atoms with van der Waals surface area (Å²) in [6.45, 7) is 1.45. The molecule has 4 rings (SSSR count). The number of hydrogen-bond donors (Lipinski definition) is 1. The van der Waals surface area contributed by atoms with E-state index in [0.717, 1.165) is 12.8 Å². The van der Waals surface area contributed by atoms with Crippen LogP contribution in [0.15, 0.2) is 18.3 Å². The molecule has 2 aromatic heterocycles. The van der Waals surface area contributed by atoms with Gasteiger partial charge in [-0.15, -0.1) is 0 Å². The Kier molecular flexibility index (Phi) is 4.17. The molecule has 134 valence electrons. The highest BCUT2D eigenvalue weighted by molar-refractivity contribution is 6.30. The number of ether oxygens (including phenoxy) is 1. The van der Waals surface area contributed by atoms with Crippen LogP contribution in [0.25, 0.3) is 5.65 Å². The van der Waals surface area contributed by atoms with Gasteiger partial charge in [-0.25, -0.2) is 4.98 Å². The number of likely N-dealkylation sites (tertiary alicyclic amines) is 1. The lowest BCUT2D eigenvalue weighted by Crippen LogP contribution is -2.56. The largest absolute Gasteiger partial charge is 0.390 e. The highest BCUT2D eigenvalue weighted by Gasteiger charge is 2.44. The molecule has 1 atom stereocenters. The molecule has 0 radical (unpaired) electrons. The fourth-order valence-electron chi connectivity index (χ4n) is 3.75. The molecule has 1 unspecified atom stereocenters. The van der Waals surface area contributed by atoms with Gasteiger partial charge in [0.15, 0.2) is 5.69 Å². The summed E-state index contributed by atoms with van der Waals surface area (Å²) in [5.74, 6) is -1.16. The number of fused-ring (bicyclic) bond motifs is 1. The van der Waals surface area contributed by atoms with Crippen molar-refractivity contribution < 1.29 is 19.0 Å². The Bertz CT molecular complexity index is 817. The van der Waals surface area contributed by atoms with E-state index >= 15 is 0 Å². The number of halogens is 2. The van der Waals surface area contributed by atoms with Gasteiger partial charge in [-0.3, -0.25) is 9.20 Å². The van der Waals surface area contributed by atoms with Gasteiger partial charge in [0.25, 0.3) is 5.91 Å². The number of hydrogen-bond acceptors (Lipinski definition) is 4. The monoisotopic (exact) mass is 367 g/mol. The molecule has 2 aliphatic heterocycles. The molecule has 6 nitrogen and oxygen atoms in total. The summed E-state index contributed by atoms with van der Waals surface area (Å²) in [6, 6.07) is 3.17. The van der Waals surface area contributed by atoms with Crippen molar-refractivity contribution in [3.63, 3.8) is 0 Å². The van der Waals surface area contributed by atoms with Gasteiger partial charge in [0.05, 0.1) is 16.7 Å². The van der Waals surface area contributed by atoms with Crippen molar-refractivity contribution in [3.8, 4) is 0 Å². The fraction of sp³-hybridized carbons (Fsp3) is 0.529. The third-order valence-electron chi connectivity index (χ3n) is 5.24. The van der Waals surface area contributed by atoms with E-state index in [4.69, 9.17) is 16.3 Å². The van der Waals surface area contributed by atoms with Crippen molar-refractivity contribution >= 4 is 23.2 Å². The lowest BCUT2D eigenvalue weighted by atomic mass is 9.82. The van der Waals surface area contributed by atoms with Crippen LogP contribution in [0.2, 0.25) is 5.02 Å². The second kappa shape index (κ2) is 6.23. The molecule has 2 fully saturated rings. The minimum absolute atomic E-state index is 0.205. The number of aromatic nitrogens is 2. The van der Waals surface area contributed by atoms with E-state index < -0.39 is 23.6 Å². The number of nitrogens with zero attached hydrogens (tertiary/aromatic N) is 3. The topological polar surface area (TPSA) is 67.1 Å². The van der Waals surface area contributed by atoms with Crippen LogP contribution < -0.4 is 0 Å². The molecular formula is C17H19ClFN3O3. The number of pyridine rings is 1. The molecule has 0 aliphatic carbocycles. The SMILES string of the molecule is O=C(c1nc2ccc(Cl)cn2c1F)N1CCC2(CC1)OCCCC2O. The Balaban J connectivity index is 1.54. The van der Waals surface area contributed by atoms with E-state index in [0.29, 0.717) is 43.2 Å². The number of carbonyl (C=O) groups excluding carboxylic acids is 1. The van der Waals surface area contributed by atoms with E-state index in [2.05, 4.69) is 4.98 Å². The Labute approximate surface area is 149 Å². The number of rotatable bonds is 1. The molecule has 1 N–H and O–H groups in total. The summed E-state index contributed by atoms with van der Waals surface area (Å²) < 4.78 is 21.6. The second-order valence-corrected chi connectivity index (χ2v) is 7.13. The molecule has 0 aromatic carbocycles. The molecular weight excluding hydrogens is 349 g/mol. The first-order valence-corrected chi connectivity index (χ1v) is 8.82. The first-order valence-electron chi connectivity index (χ1n) is 8.45. The van der Waals surface area contributed by atoms with Gasteiger partial charge in [0.2, 0.25) is 5.95 Å². The molecule has 1 amide bonds. The van der Waals surface area contributed by atoms with Gasteiger partial charge >= 0.3 is 0 Å². The third-order valence-corrected chi connectivity index (χ3v) is 5.47. The van der Waals surface area contributed by atoms with Gasteiger partial charge < -0.3 is 14.7 Å². The number of aliphatic hydroxyl groups is 1. The van der Waals surface area contributed by atoms with Crippen LogP contribution in [0.5, 0.6) is 0 Å². The maximum Gasteiger partial charge on any atom is 0.277 e. The Morgan fingerprint density at radius 1 is 1.40 bits per heavy atom. The lowest BCUT2D eigenvalue weighted by Gasteiger charge is -2.46. The minimum atomic E-state index is -0.711. The summed E-state index contributed by atoms with van der Waals surface area (Å²) in [5.41, 5.74) is -0.437. The first-order chi connectivity index (χ1) is 12.0. The number of piperidine rings is 1. The van der Waals surface area contributed by atoms with E-state index in [1.807, 2.05) is 0 Å². The molecule has 1 spiro atoms. The summed E-state index contributed by atoms with van der Waals surface area (Å²) in [5, 5.41) is 10.6. The second-order valence-electron chi connectivity index (χ2n) is 6.69. The molecule has 2 saturated heterocycles. The number of imidazole rings is 1. The number of carbonyl (C=O) groups is 1. The van der Waals surface area contributed by atoms with Gasteiger partial charge in [-0.2, -0.15) is 4.39 Å². The van der Waals surface area contributed by atoms with E-state index in [1.165, 1.54) is 10.6 Å². The van der Waals surface area contributed by atoms with Crippen molar-refractivity contribution in [2.24, 2.45) is 0 Å². The smallest absolute Gasteiger partial charge is 0.277 e. The summed E-state index contributed by atoms with van der Waals surface area (Å²) in [4.78, 5) is 18.4. The van der Waals surface area contributed by atoms with Crippen LogP contribution in [-0.4, -0.2) is 56.7 Å². The zero-order valence-corrected chi connectivity index (χ0v) is 14.4. The van der Waals surface area contributed by atoms with Crippen molar-refractivity contribution in [1.29, 1.82) is 0 Å². The van der Waals surface area contributed by atoms with Crippen molar-refractivity contribution in [2.45, 2.75) is 37.4 Å². The Morgan fingerprint density at radius 3 is 2.88 bits per heavy atom. The molecule has 2 aliphatic rings. The predicted molar refractivity (Wildman–Crippen MR) is 89.2 cm³/mol. The predicted octanol–water partition coefficient (Wildman–Crippen LogP) is 2.27. The van der Waals surface area contributed by atoms with Crippen molar-refractivity contribution in [2.75, 3.05) is 19.7 Å². The quantitative estimate of drug-likeness (QED) is 0.839. The van der Waals surface area contributed by atoms with E-state index in [9.17, 15) is 14.3 Å². The molecule has 25 heavy (non-hydrogen) atoms. The van der Waals surface area contributed by atoms with Crippen molar-refractivity contribution in [1.82, 2.24) is 14.3 Å². The third kappa shape index (κ3) is 2.80. The van der Waals surface area contributed by atoms with Crippen molar-refractivity contribution in [3.05, 3.63) is 35.0 Å². The van der Waals surface area contributed by atoms with Gasteiger partial charge in [-0.1, -0.05) is 11.6 Å². The highest BCUT2D eigenvalue weighted by Crippen LogP contribution is 2.35. The highest BCUT2D eigenvalue weighted by atomic mass is 35.5. The summed E-state index contributed by atoms with van der Waals surface area (Å²) >= 11 is 5.88. The Hall–Kier alpha value is -1.70. The van der Waals surface area contributed by atoms with Gasteiger partial charge in [-0.05, 0) is 37.8 Å². The fourth-order valence-corrected chi connectivity index (χ4v) is 3.91. The Morgan fingerprint density at radius 2 is 2.16 bits per heavy atom. The summed E-state index contributed by atoms with van der Waals surface area (Å²) in [7, 11) is 0.